The van der Waals surface area contributed by atoms with Gasteiger partial charge in [-0.1, -0.05) is 46.3 Å². The van der Waals surface area contributed by atoms with Gasteiger partial charge in [0.25, 0.3) is 5.91 Å². The van der Waals surface area contributed by atoms with E-state index in [9.17, 15) is 4.79 Å². The summed E-state index contributed by atoms with van der Waals surface area (Å²) in [7, 11) is 0. The van der Waals surface area contributed by atoms with Gasteiger partial charge < -0.3 is 5.32 Å². The number of rotatable bonds is 5. The maximum absolute atomic E-state index is 11.7. The van der Waals surface area contributed by atoms with Gasteiger partial charge in [-0.2, -0.15) is 5.10 Å². The molecule has 6 heteroatoms. The van der Waals surface area contributed by atoms with Crippen molar-refractivity contribution >= 4 is 49.7 Å². The van der Waals surface area contributed by atoms with Crippen molar-refractivity contribution in [1.29, 1.82) is 0 Å². The molecule has 2 aromatic rings. The van der Waals surface area contributed by atoms with Gasteiger partial charge in [-0.15, -0.1) is 0 Å². The number of amides is 1. The fourth-order valence-electron chi connectivity index (χ4n) is 1.57. The maximum atomic E-state index is 11.7. The molecule has 0 saturated heterocycles. The SMILES string of the molecule is O=C(CNc1ccc(Br)cc1Br)NN=Cc1ccccc1. The van der Waals surface area contributed by atoms with Gasteiger partial charge in [0.05, 0.1) is 12.8 Å². The highest BCUT2D eigenvalue weighted by molar-refractivity contribution is 9.11. The summed E-state index contributed by atoms with van der Waals surface area (Å²) in [5.41, 5.74) is 4.26. The molecule has 2 aromatic carbocycles. The Labute approximate surface area is 139 Å². The van der Waals surface area contributed by atoms with Gasteiger partial charge in [0.1, 0.15) is 0 Å². The Morgan fingerprint density at radius 1 is 1.14 bits per heavy atom. The first kappa shape index (κ1) is 15.7. The van der Waals surface area contributed by atoms with Crippen molar-refractivity contribution in [2.75, 3.05) is 11.9 Å². The molecule has 0 heterocycles. The standard InChI is InChI=1S/C15H13Br2N3O/c16-12-6-7-14(13(17)8-12)18-10-15(21)20-19-9-11-4-2-1-3-5-11/h1-9,18H,10H2,(H,20,21). The first-order chi connectivity index (χ1) is 10.1. The molecule has 0 aliphatic heterocycles. The topological polar surface area (TPSA) is 53.5 Å². The van der Waals surface area contributed by atoms with E-state index in [0.717, 1.165) is 20.2 Å². The molecule has 0 unspecified atom stereocenters. The van der Waals surface area contributed by atoms with Crippen molar-refractivity contribution in [2.45, 2.75) is 0 Å². The summed E-state index contributed by atoms with van der Waals surface area (Å²) in [4.78, 5) is 11.7. The van der Waals surface area contributed by atoms with Crippen molar-refractivity contribution in [1.82, 2.24) is 5.43 Å². The smallest absolute Gasteiger partial charge is 0.259 e. The van der Waals surface area contributed by atoms with Crippen molar-refractivity contribution in [3.8, 4) is 0 Å². The zero-order valence-electron chi connectivity index (χ0n) is 11.0. The lowest BCUT2D eigenvalue weighted by Gasteiger charge is -2.07. The van der Waals surface area contributed by atoms with Crippen LogP contribution in [0.3, 0.4) is 0 Å². The maximum Gasteiger partial charge on any atom is 0.259 e. The predicted octanol–water partition coefficient (Wildman–Crippen LogP) is 3.77. The highest BCUT2D eigenvalue weighted by Gasteiger charge is 2.03. The van der Waals surface area contributed by atoms with Crippen LogP contribution in [0.4, 0.5) is 5.69 Å². The van der Waals surface area contributed by atoms with Crippen molar-refractivity contribution in [2.24, 2.45) is 5.10 Å². The second-order valence-corrected chi connectivity index (χ2v) is 5.95. The first-order valence-corrected chi connectivity index (χ1v) is 7.79. The van der Waals surface area contributed by atoms with E-state index in [1.165, 1.54) is 0 Å². The van der Waals surface area contributed by atoms with Gasteiger partial charge in [-0.05, 0) is 39.7 Å². The van der Waals surface area contributed by atoms with Crippen molar-refractivity contribution in [3.05, 3.63) is 63.0 Å². The molecular formula is C15H13Br2N3O. The fourth-order valence-corrected chi connectivity index (χ4v) is 2.75. The van der Waals surface area contributed by atoms with E-state index in [1.807, 2.05) is 48.5 Å². The van der Waals surface area contributed by atoms with Crippen molar-refractivity contribution < 1.29 is 4.79 Å². The zero-order chi connectivity index (χ0) is 15.1. The molecule has 0 fully saturated rings. The lowest BCUT2D eigenvalue weighted by Crippen LogP contribution is -2.25. The van der Waals surface area contributed by atoms with Gasteiger partial charge in [-0.25, -0.2) is 5.43 Å². The average Bonchev–Trinajstić information content (AvgIpc) is 2.47. The molecule has 0 aromatic heterocycles. The monoisotopic (exact) mass is 409 g/mol. The van der Waals surface area contributed by atoms with E-state index < -0.39 is 0 Å². The van der Waals surface area contributed by atoms with Crippen LogP contribution in [0.1, 0.15) is 5.56 Å². The van der Waals surface area contributed by atoms with E-state index in [-0.39, 0.29) is 12.5 Å². The molecule has 0 aliphatic rings. The third-order valence-electron chi connectivity index (χ3n) is 2.57. The molecule has 21 heavy (non-hydrogen) atoms. The Morgan fingerprint density at radius 2 is 1.90 bits per heavy atom. The molecule has 0 spiro atoms. The summed E-state index contributed by atoms with van der Waals surface area (Å²) in [5, 5.41) is 6.94. The van der Waals surface area contributed by atoms with Gasteiger partial charge >= 0.3 is 0 Å². The third-order valence-corrected chi connectivity index (χ3v) is 3.72. The summed E-state index contributed by atoms with van der Waals surface area (Å²) in [6.45, 7) is 0.145. The third kappa shape index (κ3) is 5.32. The first-order valence-electron chi connectivity index (χ1n) is 6.21. The molecular weight excluding hydrogens is 398 g/mol. The number of nitrogens with zero attached hydrogens (tertiary/aromatic N) is 1. The quantitative estimate of drug-likeness (QED) is 0.582. The van der Waals surface area contributed by atoms with E-state index in [0.29, 0.717) is 0 Å². The van der Waals surface area contributed by atoms with Gasteiger partial charge in [0.15, 0.2) is 0 Å². The number of nitrogens with one attached hydrogen (secondary N) is 2. The van der Waals surface area contributed by atoms with Crippen LogP contribution in [0.5, 0.6) is 0 Å². The van der Waals surface area contributed by atoms with E-state index >= 15 is 0 Å². The Hall–Kier alpha value is -1.66. The minimum absolute atomic E-state index is 0.145. The summed E-state index contributed by atoms with van der Waals surface area (Å²) in [6, 6.07) is 15.3. The van der Waals surface area contributed by atoms with E-state index in [1.54, 1.807) is 6.21 Å². The predicted molar refractivity (Wildman–Crippen MR) is 92.5 cm³/mol. The number of hydrazone groups is 1. The Balaban J connectivity index is 1.81. The Kier molecular flexibility index (Phi) is 5.95. The molecule has 2 rings (SSSR count). The number of carbonyl (C=O) groups excluding carboxylic acids is 1. The molecule has 1 amide bonds. The summed E-state index contributed by atoms with van der Waals surface area (Å²) in [6.07, 6.45) is 1.60. The minimum Gasteiger partial charge on any atom is -0.375 e. The van der Waals surface area contributed by atoms with E-state index in [2.05, 4.69) is 47.7 Å². The summed E-state index contributed by atoms with van der Waals surface area (Å²) < 4.78 is 1.86. The minimum atomic E-state index is -0.211. The molecule has 0 saturated carbocycles. The number of halogens is 2. The van der Waals surface area contributed by atoms with Gasteiger partial charge in [0, 0.05) is 14.6 Å². The van der Waals surface area contributed by atoms with E-state index in [4.69, 9.17) is 0 Å². The second kappa shape index (κ2) is 7.95. The molecule has 0 radical (unpaired) electrons. The lowest BCUT2D eigenvalue weighted by molar-refractivity contribution is -0.119. The van der Waals surface area contributed by atoms with Crippen LogP contribution in [0, 0.1) is 0 Å². The van der Waals surface area contributed by atoms with Crippen LogP contribution in [0.2, 0.25) is 0 Å². The van der Waals surface area contributed by atoms with Crippen LogP contribution in [-0.4, -0.2) is 18.7 Å². The normalized spacial score (nSPS) is 10.6. The molecule has 108 valence electrons. The number of hydrogen-bond acceptors (Lipinski definition) is 3. The number of anilines is 1. The molecule has 0 atom stereocenters. The fraction of sp³-hybridized carbons (Fsp3) is 0.0667. The number of benzene rings is 2. The zero-order valence-corrected chi connectivity index (χ0v) is 14.2. The van der Waals surface area contributed by atoms with Crippen LogP contribution >= 0.6 is 31.9 Å². The Bertz CT molecular complexity index is 645. The van der Waals surface area contributed by atoms with Crippen LogP contribution in [0.25, 0.3) is 0 Å². The van der Waals surface area contributed by atoms with Gasteiger partial charge in [0.2, 0.25) is 0 Å². The molecule has 4 nitrogen and oxygen atoms in total. The second-order valence-electron chi connectivity index (χ2n) is 4.18. The molecule has 2 N–H and O–H groups in total. The number of carbonyl (C=O) groups is 1. The lowest BCUT2D eigenvalue weighted by atomic mass is 10.2. The van der Waals surface area contributed by atoms with Gasteiger partial charge in [-0.3, -0.25) is 4.79 Å². The van der Waals surface area contributed by atoms with Crippen LogP contribution in [-0.2, 0) is 4.79 Å². The summed E-state index contributed by atoms with van der Waals surface area (Å²) in [5.74, 6) is -0.211. The highest BCUT2D eigenvalue weighted by Crippen LogP contribution is 2.25. The highest BCUT2D eigenvalue weighted by atomic mass is 79.9. The van der Waals surface area contributed by atoms with Crippen LogP contribution < -0.4 is 10.7 Å². The summed E-state index contributed by atoms with van der Waals surface area (Å²) >= 11 is 6.80. The largest absolute Gasteiger partial charge is 0.375 e. The number of hydrogen-bond donors (Lipinski definition) is 2. The average molecular weight is 411 g/mol. The molecule has 0 aliphatic carbocycles. The Morgan fingerprint density at radius 3 is 2.62 bits per heavy atom. The van der Waals surface area contributed by atoms with Crippen LogP contribution in [0.15, 0.2) is 62.6 Å². The molecule has 0 bridgehead atoms. The van der Waals surface area contributed by atoms with Crippen molar-refractivity contribution in [3.63, 3.8) is 0 Å².